The van der Waals surface area contributed by atoms with Crippen molar-refractivity contribution in [2.75, 3.05) is 13.6 Å². The average molecular weight is 286 g/mol. The molecule has 1 N–H and O–H groups in total. The zero-order valence-corrected chi connectivity index (χ0v) is 11.0. The first kappa shape index (κ1) is 17.6. The molecule has 0 atom stereocenters. The quantitative estimate of drug-likeness (QED) is 0.788. The number of hydrogen-bond acceptors (Lipinski definition) is 4. The lowest BCUT2D eigenvalue weighted by molar-refractivity contribution is 0.841. The fraction of sp³-hybridized carbons (Fsp3) is 0.375. The van der Waals surface area contributed by atoms with Crippen molar-refractivity contribution in [3.8, 4) is 6.07 Å². The zero-order chi connectivity index (χ0) is 11.8. The molecule has 0 aliphatic carbocycles. The van der Waals surface area contributed by atoms with Crippen LogP contribution in [0.3, 0.4) is 0 Å². The average Bonchev–Trinajstić information content (AvgIpc) is 2.16. The molecule has 0 radical (unpaired) electrons. The monoisotopic (exact) mass is 284 g/mol. The van der Waals surface area contributed by atoms with Crippen LogP contribution in [0.25, 0.3) is 0 Å². The Morgan fingerprint density at radius 3 is 2.50 bits per heavy atom. The van der Waals surface area contributed by atoms with Crippen molar-refractivity contribution >= 4 is 35.6 Å². The topological polar surface area (TPSA) is 70.7 Å². The third-order valence-electron chi connectivity index (χ3n) is 1.26. The van der Waals surface area contributed by atoms with Gasteiger partial charge in [0.2, 0.25) is 0 Å². The lowest BCUT2D eigenvalue weighted by atomic mass is 10.7. The van der Waals surface area contributed by atoms with Gasteiger partial charge in [-0.05, 0) is 7.05 Å². The molecule has 0 amide bonds. The minimum atomic E-state index is -0.342. The van der Waals surface area contributed by atoms with E-state index in [0.717, 1.165) is 0 Å². The van der Waals surface area contributed by atoms with Crippen molar-refractivity contribution in [1.29, 1.82) is 5.26 Å². The van der Waals surface area contributed by atoms with Crippen molar-refractivity contribution in [1.82, 2.24) is 14.9 Å². The van der Waals surface area contributed by atoms with Crippen LogP contribution in [0.4, 0.5) is 0 Å². The third kappa shape index (κ3) is 6.64. The number of nitrogens with one attached hydrogen (secondary N) is 1. The van der Waals surface area contributed by atoms with Crippen LogP contribution < -0.4 is 10.9 Å². The van der Waals surface area contributed by atoms with Crippen molar-refractivity contribution in [3.63, 3.8) is 0 Å². The van der Waals surface area contributed by atoms with E-state index < -0.39 is 0 Å². The molecule has 0 aliphatic rings. The number of aryl methyl sites for hydroxylation is 1. The smallest absolute Gasteiger partial charge is 0.288 e. The first-order chi connectivity index (χ1) is 7.02. The van der Waals surface area contributed by atoms with E-state index in [-0.39, 0.29) is 28.3 Å². The molecule has 1 aromatic rings. The highest BCUT2D eigenvalue weighted by Gasteiger charge is 2.00. The highest BCUT2D eigenvalue weighted by molar-refractivity contribution is 6.32. The summed E-state index contributed by atoms with van der Waals surface area (Å²) < 4.78 is 1.28. The van der Waals surface area contributed by atoms with E-state index in [9.17, 15) is 4.79 Å². The molecular formula is C8H11Cl3N4O. The summed E-state index contributed by atoms with van der Waals surface area (Å²) in [6.07, 6.45) is 1.40. The van der Waals surface area contributed by atoms with Crippen LogP contribution in [-0.4, -0.2) is 23.1 Å². The summed E-state index contributed by atoms with van der Waals surface area (Å²) in [7, 11) is 3.30. The summed E-state index contributed by atoms with van der Waals surface area (Å²) in [4.78, 5) is 14.4. The third-order valence-corrected chi connectivity index (χ3v) is 1.69. The SMILES string of the molecule is CNCC#N.Cl.Cn1cc(Cl)nc(Cl)c1=O. The molecule has 0 aromatic carbocycles. The van der Waals surface area contributed by atoms with Crippen molar-refractivity contribution < 1.29 is 0 Å². The Morgan fingerprint density at radius 1 is 1.62 bits per heavy atom. The summed E-state index contributed by atoms with van der Waals surface area (Å²) in [5, 5.41) is 10.5. The molecule has 0 saturated carbocycles. The van der Waals surface area contributed by atoms with Crippen LogP contribution >= 0.6 is 35.6 Å². The standard InChI is InChI=1S/C5H4Cl2N2O.C3H6N2.ClH/c1-9-2-3(6)8-4(7)5(9)10;1-5-3-2-4;/h2H,1H3;5H,3H2,1H3;1H. The number of nitriles is 1. The maximum absolute atomic E-state index is 10.8. The van der Waals surface area contributed by atoms with E-state index in [4.69, 9.17) is 28.5 Å². The fourth-order valence-electron chi connectivity index (χ4n) is 0.613. The number of rotatable bonds is 1. The molecule has 1 aromatic heterocycles. The van der Waals surface area contributed by atoms with Gasteiger partial charge in [-0.1, -0.05) is 23.2 Å². The molecular weight excluding hydrogens is 274 g/mol. The Balaban J connectivity index is 0. The van der Waals surface area contributed by atoms with E-state index in [1.54, 1.807) is 14.1 Å². The lowest BCUT2D eigenvalue weighted by Crippen LogP contribution is -2.17. The lowest BCUT2D eigenvalue weighted by Gasteiger charge is -1.95. The van der Waals surface area contributed by atoms with Crippen molar-refractivity contribution in [3.05, 3.63) is 26.9 Å². The normalized spacial score (nSPS) is 8.19. The number of aromatic nitrogens is 2. The van der Waals surface area contributed by atoms with Gasteiger partial charge in [0.15, 0.2) is 5.15 Å². The Bertz CT molecular complexity index is 386. The molecule has 0 bridgehead atoms. The summed E-state index contributed by atoms with van der Waals surface area (Å²) in [6.45, 7) is 0.444. The van der Waals surface area contributed by atoms with Gasteiger partial charge in [-0.15, -0.1) is 12.4 Å². The van der Waals surface area contributed by atoms with E-state index >= 15 is 0 Å². The van der Waals surface area contributed by atoms with Crippen LogP contribution in [0.2, 0.25) is 10.3 Å². The minimum Gasteiger partial charge on any atom is -0.313 e. The van der Waals surface area contributed by atoms with Crippen LogP contribution in [0.15, 0.2) is 11.0 Å². The van der Waals surface area contributed by atoms with Crippen LogP contribution in [0.5, 0.6) is 0 Å². The Kier molecular flexibility index (Phi) is 10.4. The van der Waals surface area contributed by atoms with Gasteiger partial charge in [0.25, 0.3) is 5.56 Å². The fourth-order valence-corrected chi connectivity index (χ4v) is 1.11. The van der Waals surface area contributed by atoms with Gasteiger partial charge >= 0.3 is 0 Å². The summed E-state index contributed by atoms with van der Waals surface area (Å²) in [5.74, 6) is 0. The first-order valence-corrected chi connectivity index (χ1v) is 4.68. The van der Waals surface area contributed by atoms with E-state index in [0.29, 0.717) is 6.54 Å². The predicted molar refractivity (Wildman–Crippen MR) is 66.3 cm³/mol. The van der Waals surface area contributed by atoms with E-state index in [2.05, 4.69) is 10.3 Å². The molecule has 0 saturated heterocycles. The molecule has 0 unspecified atom stereocenters. The Morgan fingerprint density at radius 2 is 2.19 bits per heavy atom. The predicted octanol–water partition coefficient (Wildman–Crippen LogP) is 1.24. The summed E-state index contributed by atoms with van der Waals surface area (Å²) >= 11 is 10.9. The van der Waals surface area contributed by atoms with Gasteiger partial charge in [0, 0.05) is 13.2 Å². The number of hydrogen-bond donors (Lipinski definition) is 1. The number of halogens is 3. The maximum atomic E-state index is 10.8. The van der Waals surface area contributed by atoms with E-state index in [1.165, 1.54) is 10.8 Å². The van der Waals surface area contributed by atoms with Crippen LogP contribution in [0, 0.1) is 11.3 Å². The van der Waals surface area contributed by atoms with Crippen molar-refractivity contribution in [2.24, 2.45) is 7.05 Å². The minimum absolute atomic E-state index is 0. The molecule has 90 valence electrons. The van der Waals surface area contributed by atoms with Gasteiger partial charge in [-0.3, -0.25) is 4.79 Å². The number of nitrogens with zero attached hydrogens (tertiary/aromatic N) is 3. The first-order valence-electron chi connectivity index (χ1n) is 3.93. The Hall–Kier alpha value is -0.800. The van der Waals surface area contributed by atoms with Crippen molar-refractivity contribution in [2.45, 2.75) is 0 Å². The summed E-state index contributed by atoms with van der Waals surface area (Å²) in [6, 6.07) is 1.91. The van der Waals surface area contributed by atoms with Gasteiger partial charge < -0.3 is 9.88 Å². The van der Waals surface area contributed by atoms with Gasteiger partial charge in [0.05, 0.1) is 12.6 Å². The highest BCUT2D eigenvalue weighted by Crippen LogP contribution is 2.03. The van der Waals surface area contributed by atoms with Gasteiger partial charge in [-0.25, -0.2) is 4.98 Å². The maximum Gasteiger partial charge on any atom is 0.288 e. The second kappa shape index (κ2) is 9.43. The van der Waals surface area contributed by atoms with Crippen LogP contribution in [-0.2, 0) is 7.05 Å². The molecule has 0 fully saturated rings. The molecule has 1 rings (SSSR count). The van der Waals surface area contributed by atoms with Gasteiger partial charge in [0.1, 0.15) is 5.15 Å². The second-order valence-corrected chi connectivity index (χ2v) is 3.20. The molecule has 16 heavy (non-hydrogen) atoms. The zero-order valence-electron chi connectivity index (χ0n) is 8.70. The van der Waals surface area contributed by atoms with E-state index in [1.807, 2.05) is 6.07 Å². The largest absolute Gasteiger partial charge is 0.313 e. The van der Waals surface area contributed by atoms with Gasteiger partial charge in [-0.2, -0.15) is 5.26 Å². The summed E-state index contributed by atoms with van der Waals surface area (Å²) in [5.41, 5.74) is -0.342. The molecule has 1 heterocycles. The molecule has 0 spiro atoms. The second-order valence-electron chi connectivity index (χ2n) is 2.46. The molecule has 8 heteroatoms. The Labute approximate surface area is 109 Å². The van der Waals surface area contributed by atoms with Crippen LogP contribution in [0.1, 0.15) is 0 Å². The highest BCUT2D eigenvalue weighted by atomic mass is 35.5. The molecule has 0 aliphatic heterocycles. The molecule has 5 nitrogen and oxygen atoms in total.